The van der Waals surface area contributed by atoms with Crippen molar-refractivity contribution in [1.29, 1.82) is 0 Å². The highest BCUT2D eigenvalue weighted by molar-refractivity contribution is 7.86. The highest BCUT2D eigenvalue weighted by Crippen LogP contribution is 1.95. The van der Waals surface area contributed by atoms with Gasteiger partial charge in [0.15, 0.2) is 0 Å². The maximum atomic E-state index is 10.7. The molecule has 3 N–H and O–H groups in total. The number of nitrogens with one attached hydrogen (secondary N) is 1. The molecule has 0 radical (unpaired) electrons. The number of hydrogen-bond acceptors (Lipinski definition) is 3. The van der Waals surface area contributed by atoms with E-state index in [4.69, 9.17) is 5.14 Å². The second kappa shape index (κ2) is 5.95. The van der Waals surface area contributed by atoms with Crippen molar-refractivity contribution in [3.05, 3.63) is 0 Å². The monoisotopic (exact) mass is 237 g/mol. The standard InChI is InChI=1S/C4H11N3O2S.2ClH/c5-10(8,9)7-3-1-6-2-4-7;;/h6H,1-4H2,(H2,5,8,9);2*1H. The van der Waals surface area contributed by atoms with Crippen LogP contribution < -0.4 is 10.5 Å². The van der Waals surface area contributed by atoms with Gasteiger partial charge in [-0.2, -0.15) is 12.7 Å². The minimum atomic E-state index is -3.43. The van der Waals surface area contributed by atoms with Crippen molar-refractivity contribution in [2.24, 2.45) is 5.14 Å². The van der Waals surface area contributed by atoms with Crippen molar-refractivity contribution in [1.82, 2.24) is 9.62 Å². The molecule has 0 saturated carbocycles. The van der Waals surface area contributed by atoms with Crippen molar-refractivity contribution in [2.75, 3.05) is 26.2 Å². The van der Waals surface area contributed by atoms with E-state index >= 15 is 0 Å². The van der Waals surface area contributed by atoms with E-state index in [2.05, 4.69) is 5.32 Å². The van der Waals surface area contributed by atoms with Gasteiger partial charge >= 0.3 is 0 Å². The van der Waals surface area contributed by atoms with E-state index in [1.807, 2.05) is 0 Å². The molecule has 8 heteroatoms. The van der Waals surface area contributed by atoms with Crippen LogP contribution in [-0.2, 0) is 10.2 Å². The van der Waals surface area contributed by atoms with Crippen LogP contribution in [0.1, 0.15) is 0 Å². The predicted molar refractivity (Wildman–Crippen MR) is 52.0 cm³/mol. The first kappa shape index (κ1) is 14.9. The molecule has 0 aromatic heterocycles. The minimum absolute atomic E-state index is 0. The van der Waals surface area contributed by atoms with Crippen molar-refractivity contribution in [3.63, 3.8) is 0 Å². The van der Waals surface area contributed by atoms with E-state index in [1.54, 1.807) is 0 Å². The van der Waals surface area contributed by atoms with E-state index in [0.29, 0.717) is 26.2 Å². The van der Waals surface area contributed by atoms with Gasteiger partial charge in [-0.3, -0.25) is 0 Å². The maximum Gasteiger partial charge on any atom is 0.276 e. The zero-order chi connectivity index (χ0) is 7.61. The molecule has 1 aliphatic heterocycles. The Balaban J connectivity index is 0. The Hall–Kier alpha value is 0.410. The van der Waals surface area contributed by atoms with Crippen LogP contribution in [0.2, 0.25) is 0 Å². The molecule has 0 atom stereocenters. The first-order valence-corrected chi connectivity index (χ1v) is 4.59. The first-order chi connectivity index (χ1) is 4.61. The van der Waals surface area contributed by atoms with E-state index in [0.717, 1.165) is 0 Å². The summed E-state index contributed by atoms with van der Waals surface area (Å²) in [7, 11) is -3.43. The summed E-state index contributed by atoms with van der Waals surface area (Å²) in [5.74, 6) is 0. The number of rotatable bonds is 1. The normalized spacial score (nSPS) is 19.1. The van der Waals surface area contributed by atoms with Gasteiger partial charge in [0.2, 0.25) is 0 Å². The van der Waals surface area contributed by atoms with E-state index < -0.39 is 10.2 Å². The van der Waals surface area contributed by atoms with E-state index in [-0.39, 0.29) is 24.8 Å². The topological polar surface area (TPSA) is 75.4 Å². The van der Waals surface area contributed by atoms with Crippen molar-refractivity contribution in [3.8, 4) is 0 Å². The Morgan fingerprint density at radius 3 is 1.83 bits per heavy atom. The van der Waals surface area contributed by atoms with Gasteiger partial charge in [-0.1, -0.05) is 0 Å². The number of halogens is 2. The number of piperazine rings is 1. The fraction of sp³-hybridized carbons (Fsp3) is 1.00. The summed E-state index contributed by atoms with van der Waals surface area (Å²) in [5, 5.41) is 7.91. The molecule has 1 heterocycles. The van der Waals surface area contributed by atoms with Crippen LogP contribution in [0.4, 0.5) is 0 Å². The lowest BCUT2D eigenvalue weighted by Crippen LogP contribution is -2.48. The summed E-state index contributed by atoms with van der Waals surface area (Å²) in [5.41, 5.74) is 0. The molecule has 0 aromatic rings. The Labute approximate surface area is 84.7 Å². The molecular formula is C4H13Cl2N3O2S. The molecule has 0 aromatic carbocycles. The summed E-state index contributed by atoms with van der Waals surface area (Å²) in [6.45, 7) is 2.35. The molecule has 76 valence electrons. The largest absolute Gasteiger partial charge is 0.314 e. The zero-order valence-corrected chi connectivity index (χ0v) is 8.84. The Morgan fingerprint density at radius 2 is 1.58 bits per heavy atom. The van der Waals surface area contributed by atoms with Crippen molar-refractivity contribution in [2.45, 2.75) is 0 Å². The van der Waals surface area contributed by atoms with Gasteiger partial charge in [-0.05, 0) is 0 Å². The average Bonchev–Trinajstić information content (AvgIpc) is 1.88. The quantitative estimate of drug-likeness (QED) is 0.611. The van der Waals surface area contributed by atoms with Gasteiger partial charge in [0, 0.05) is 26.2 Å². The van der Waals surface area contributed by atoms with Crippen molar-refractivity contribution < 1.29 is 8.42 Å². The fourth-order valence-electron chi connectivity index (χ4n) is 0.899. The lowest BCUT2D eigenvalue weighted by atomic mass is 10.4. The molecular weight excluding hydrogens is 225 g/mol. The molecule has 0 amide bonds. The summed E-state index contributed by atoms with van der Waals surface area (Å²) >= 11 is 0. The molecule has 0 unspecified atom stereocenters. The third-order valence-electron chi connectivity index (χ3n) is 1.44. The second-order valence-electron chi connectivity index (χ2n) is 2.19. The number of hydrogen-bond donors (Lipinski definition) is 2. The SMILES string of the molecule is Cl.Cl.NS(=O)(=O)N1CCNCC1. The second-order valence-corrected chi connectivity index (χ2v) is 3.74. The van der Waals surface area contributed by atoms with Crippen LogP contribution >= 0.6 is 24.8 Å². The molecule has 0 spiro atoms. The first-order valence-electron chi connectivity index (χ1n) is 3.09. The molecule has 12 heavy (non-hydrogen) atoms. The molecule has 1 fully saturated rings. The van der Waals surface area contributed by atoms with Gasteiger partial charge in [0.1, 0.15) is 0 Å². The van der Waals surface area contributed by atoms with Crippen LogP contribution in [0, 0.1) is 0 Å². The van der Waals surface area contributed by atoms with Crippen molar-refractivity contribution >= 4 is 35.0 Å². The molecule has 1 saturated heterocycles. The lowest BCUT2D eigenvalue weighted by Gasteiger charge is -2.24. The molecule has 5 nitrogen and oxygen atoms in total. The van der Waals surface area contributed by atoms with Crippen LogP contribution in [0.15, 0.2) is 0 Å². The zero-order valence-electron chi connectivity index (χ0n) is 6.39. The van der Waals surface area contributed by atoms with Crippen LogP contribution in [-0.4, -0.2) is 38.9 Å². The molecule has 0 aliphatic carbocycles. The predicted octanol–water partition coefficient (Wildman–Crippen LogP) is -1.06. The van der Waals surface area contributed by atoms with Gasteiger partial charge < -0.3 is 5.32 Å². The third kappa shape index (κ3) is 4.44. The summed E-state index contributed by atoms with van der Waals surface area (Å²) < 4.78 is 22.6. The Kier molecular flexibility index (Phi) is 7.40. The van der Waals surface area contributed by atoms with Gasteiger partial charge in [0.25, 0.3) is 10.2 Å². The molecule has 1 rings (SSSR count). The lowest BCUT2D eigenvalue weighted by molar-refractivity contribution is 0.360. The highest BCUT2D eigenvalue weighted by Gasteiger charge is 2.18. The number of nitrogens with zero attached hydrogens (tertiary/aromatic N) is 1. The highest BCUT2D eigenvalue weighted by atomic mass is 35.5. The fourth-order valence-corrected chi connectivity index (χ4v) is 1.59. The van der Waals surface area contributed by atoms with Crippen LogP contribution in [0.5, 0.6) is 0 Å². The average molecular weight is 238 g/mol. The molecule has 0 bridgehead atoms. The van der Waals surface area contributed by atoms with Crippen LogP contribution in [0.3, 0.4) is 0 Å². The van der Waals surface area contributed by atoms with E-state index in [9.17, 15) is 8.42 Å². The van der Waals surface area contributed by atoms with Crippen LogP contribution in [0.25, 0.3) is 0 Å². The smallest absolute Gasteiger partial charge is 0.276 e. The van der Waals surface area contributed by atoms with Gasteiger partial charge in [-0.25, -0.2) is 5.14 Å². The Bertz CT molecular complexity index is 202. The summed E-state index contributed by atoms with van der Waals surface area (Å²) in [6.07, 6.45) is 0. The van der Waals surface area contributed by atoms with Gasteiger partial charge in [-0.15, -0.1) is 24.8 Å². The Morgan fingerprint density at radius 1 is 1.17 bits per heavy atom. The summed E-state index contributed by atoms with van der Waals surface area (Å²) in [6, 6.07) is 0. The maximum absolute atomic E-state index is 10.7. The summed E-state index contributed by atoms with van der Waals surface area (Å²) in [4.78, 5) is 0. The third-order valence-corrected chi connectivity index (χ3v) is 2.52. The molecule has 1 aliphatic rings. The van der Waals surface area contributed by atoms with Gasteiger partial charge in [0.05, 0.1) is 0 Å². The van der Waals surface area contributed by atoms with E-state index in [1.165, 1.54) is 4.31 Å². The minimum Gasteiger partial charge on any atom is -0.314 e. The number of nitrogens with two attached hydrogens (primary N) is 1.